The number of nitrogens with one attached hydrogen (secondary N) is 2. The van der Waals surface area contributed by atoms with Gasteiger partial charge in [-0.25, -0.2) is 0 Å². The third-order valence-electron chi connectivity index (χ3n) is 5.53. The van der Waals surface area contributed by atoms with E-state index in [-0.39, 0.29) is 24.2 Å². The van der Waals surface area contributed by atoms with Crippen LogP contribution in [-0.4, -0.2) is 41.0 Å². The van der Waals surface area contributed by atoms with Crippen molar-refractivity contribution in [2.75, 3.05) is 0 Å². The molecule has 0 aromatic heterocycles. The Balaban J connectivity index is 1.98. The molecule has 0 bridgehead atoms. The van der Waals surface area contributed by atoms with Gasteiger partial charge in [-0.15, -0.1) is 0 Å². The molecule has 0 heterocycles. The van der Waals surface area contributed by atoms with Crippen molar-refractivity contribution < 1.29 is 19.5 Å². The third kappa shape index (κ3) is 9.45. The normalized spacial score (nSPS) is 13.7. The number of rotatable bonds is 13. The maximum atomic E-state index is 13.1. The monoisotopic (exact) mass is 453 g/mol. The SMILES string of the molecule is CC(C)[C@H](NC(=O)CCCc1ccccc1)C(=O)N[C@@H](Cc1ccccc1)[C@@H](N)CC(=O)O. The van der Waals surface area contributed by atoms with E-state index in [4.69, 9.17) is 10.8 Å². The van der Waals surface area contributed by atoms with Crippen molar-refractivity contribution in [1.29, 1.82) is 0 Å². The van der Waals surface area contributed by atoms with Gasteiger partial charge in [-0.05, 0) is 36.3 Å². The highest BCUT2D eigenvalue weighted by molar-refractivity contribution is 5.88. The van der Waals surface area contributed by atoms with E-state index >= 15 is 0 Å². The minimum Gasteiger partial charge on any atom is -0.481 e. The minimum absolute atomic E-state index is 0.142. The van der Waals surface area contributed by atoms with E-state index in [0.29, 0.717) is 19.3 Å². The van der Waals surface area contributed by atoms with E-state index in [1.807, 2.05) is 74.5 Å². The average molecular weight is 454 g/mol. The van der Waals surface area contributed by atoms with Crippen LogP contribution in [-0.2, 0) is 27.2 Å². The molecule has 2 aromatic rings. The van der Waals surface area contributed by atoms with E-state index < -0.39 is 24.1 Å². The number of carbonyl (C=O) groups excluding carboxylic acids is 2. The molecule has 0 radical (unpaired) electrons. The Kier molecular flexibility index (Phi) is 10.6. The number of aliphatic carboxylic acids is 1. The number of aryl methyl sites for hydroxylation is 1. The summed E-state index contributed by atoms with van der Waals surface area (Å²) in [7, 11) is 0. The topological polar surface area (TPSA) is 122 Å². The van der Waals surface area contributed by atoms with Crippen LogP contribution in [0.15, 0.2) is 60.7 Å². The molecule has 0 aliphatic rings. The highest BCUT2D eigenvalue weighted by Gasteiger charge is 2.29. The van der Waals surface area contributed by atoms with Crippen LogP contribution in [0.1, 0.15) is 44.2 Å². The summed E-state index contributed by atoms with van der Waals surface area (Å²) in [5.41, 5.74) is 8.24. The first kappa shape index (κ1) is 26.1. The van der Waals surface area contributed by atoms with Crippen LogP contribution < -0.4 is 16.4 Å². The van der Waals surface area contributed by atoms with Crippen molar-refractivity contribution in [3.05, 3.63) is 71.8 Å². The molecule has 2 aromatic carbocycles. The molecule has 3 atom stereocenters. The maximum absolute atomic E-state index is 13.1. The zero-order valence-electron chi connectivity index (χ0n) is 19.4. The third-order valence-corrected chi connectivity index (χ3v) is 5.53. The molecule has 0 aliphatic carbocycles. The molecule has 0 spiro atoms. The summed E-state index contributed by atoms with van der Waals surface area (Å²) in [6.45, 7) is 3.72. The highest BCUT2D eigenvalue weighted by atomic mass is 16.4. The Labute approximate surface area is 195 Å². The standard InChI is InChI=1S/C26H35N3O4/c1-18(2)25(29-23(30)15-9-14-19-10-5-3-6-11-19)26(33)28-22(21(27)17-24(31)32)16-20-12-7-4-8-13-20/h3-8,10-13,18,21-22,25H,9,14-17,27H2,1-2H3,(H,28,33)(H,29,30)(H,31,32)/t21-,22-,25-/m0/s1. The molecule has 178 valence electrons. The minimum atomic E-state index is -1.03. The first-order chi connectivity index (χ1) is 15.8. The summed E-state index contributed by atoms with van der Waals surface area (Å²) in [4.78, 5) is 36.8. The van der Waals surface area contributed by atoms with Gasteiger partial charge in [0.25, 0.3) is 0 Å². The van der Waals surface area contributed by atoms with E-state index in [1.54, 1.807) is 0 Å². The lowest BCUT2D eigenvalue weighted by Crippen LogP contribution is -2.56. The molecule has 0 aliphatic heterocycles. The van der Waals surface area contributed by atoms with Crippen molar-refractivity contribution in [1.82, 2.24) is 10.6 Å². The summed E-state index contributed by atoms with van der Waals surface area (Å²) in [5, 5.41) is 14.9. The Bertz CT molecular complexity index is 887. The smallest absolute Gasteiger partial charge is 0.305 e. The average Bonchev–Trinajstić information content (AvgIpc) is 2.77. The first-order valence-electron chi connectivity index (χ1n) is 11.4. The van der Waals surface area contributed by atoms with Gasteiger partial charge >= 0.3 is 5.97 Å². The second-order valence-electron chi connectivity index (χ2n) is 8.69. The van der Waals surface area contributed by atoms with Gasteiger partial charge in [-0.1, -0.05) is 74.5 Å². The number of carboxylic acid groups (broad SMARTS) is 1. The number of carboxylic acids is 1. The predicted octanol–water partition coefficient (Wildman–Crippen LogP) is 2.68. The van der Waals surface area contributed by atoms with Crippen LogP contribution in [0.3, 0.4) is 0 Å². The Morgan fingerprint density at radius 1 is 0.909 bits per heavy atom. The summed E-state index contributed by atoms with van der Waals surface area (Å²) >= 11 is 0. The van der Waals surface area contributed by atoms with Gasteiger partial charge in [0.15, 0.2) is 0 Å². The number of hydrogen-bond donors (Lipinski definition) is 4. The summed E-state index contributed by atoms with van der Waals surface area (Å²) in [6, 6.07) is 17.3. The molecular weight excluding hydrogens is 418 g/mol. The molecule has 0 saturated carbocycles. The summed E-state index contributed by atoms with van der Waals surface area (Å²) in [5.74, 6) is -1.71. The fraction of sp³-hybridized carbons (Fsp3) is 0.423. The predicted molar refractivity (Wildman–Crippen MR) is 128 cm³/mol. The fourth-order valence-electron chi connectivity index (χ4n) is 3.67. The number of nitrogens with two attached hydrogens (primary N) is 1. The van der Waals surface area contributed by atoms with E-state index in [2.05, 4.69) is 10.6 Å². The van der Waals surface area contributed by atoms with Crippen LogP contribution in [0.25, 0.3) is 0 Å². The van der Waals surface area contributed by atoms with Gasteiger partial charge < -0.3 is 21.5 Å². The number of amides is 2. The molecule has 5 N–H and O–H groups in total. The summed E-state index contributed by atoms with van der Waals surface area (Å²) < 4.78 is 0. The Morgan fingerprint density at radius 3 is 2.03 bits per heavy atom. The molecule has 2 amide bonds. The van der Waals surface area contributed by atoms with E-state index in [1.165, 1.54) is 5.56 Å². The van der Waals surface area contributed by atoms with E-state index in [0.717, 1.165) is 12.0 Å². The molecular formula is C26H35N3O4. The van der Waals surface area contributed by atoms with Crippen LogP contribution in [0.5, 0.6) is 0 Å². The van der Waals surface area contributed by atoms with Gasteiger partial charge in [0.05, 0.1) is 6.42 Å². The van der Waals surface area contributed by atoms with Gasteiger partial charge in [0.2, 0.25) is 11.8 Å². The zero-order valence-corrected chi connectivity index (χ0v) is 19.4. The zero-order chi connectivity index (χ0) is 24.2. The van der Waals surface area contributed by atoms with E-state index in [9.17, 15) is 14.4 Å². The van der Waals surface area contributed by atoms with Crippen molar-refractivity contribution >= 4 is 17.8 Å². The van der Waals surface area contributed by atoms with Gasteiger partial charge in [-0.3, -0.25) is 14.4 Å². The van der Waals surface area contributed by atoms with Gasteiger partial charge in [0, 0.05) is 18.5 Å². The maximum Gasteiger partial charge on any atom is 0.305 e. The van der Waals surface area contributed by atoms with Crippen LogP contribution in [0, 0.1) is 5.92 Å². The molecule has 7 heteroatoms. The van der Waals surface area contributed by atoms with Crippen molar-refractivity contribution in [2.24, 2.45) is 11.7 Å². The van der Waals surface area contributed by atoms with Crippen LogP contribution in [0.4, 0.5) is 0 Å². The lowest BCUT2D eigenvalue weighted by molar-refractivity contribution is -0.138. The summed E-state index contributed by atoms with van der Waals surface area (Å²) in [6.07, 6.45) is 1.92. The van der Waals surface area contributed by atoms with Crippen molar-refractivity contribution in [3.63, 3.8) is 0 Å². The molecule has 0 fully saturated rings. The number of hydrogen-bond acceptors (Lipinski definition) is 4. The first-order valence-corrected chi connectivity index (χ1v) is 11.4. The second kappa shape index (κ2) is 13.4. The lowest BCUT2D eigenvalue weighted by Gasteiger charge is -2.28. The molecule has 2 rings (SSSR count). The molecule has 0 saturated heterocycles. The van der Waals surface area contributed by atoms with Gasteiger partial charge in [0.1, 0.15) is 6.04 Å². The largest absolute Gasteiger partial charge is 0.481 e. The number of benzene rings is 2. The quantitative estimate of drug-likeness (QED) is 0.371. The lowest BCUT2D eigenvalue weighted by atomic mass is 9.96. The van der Waals surface area contributed by atoms with Crippen molar-refractivity contribution in [3.8, 4) is 0 Å². The molecule has 33 heavy (non-hydrogen) atoms. The Morgan fingerprint density at radius 2 is 1.48 bits per heavy atom. The number of carbonyl (C=O) groups is 3. The fourth-order valence-corrected chi connectivity index (χ4v) is 3.67. The second-order valence-corrected chi connectivity index (χ2v) is 8.69. The van der Waals surface area contributed by atoms with Crippen molar-refractivity contribution in [2.45, 2.75) is 64.1 Å². The van der Waals surface area contributed by atoms with Crippen LogP contribution >= 0.6 is 0 Å². The van der Waals surface area contributed by atoms with Gasteiger partial charge in [-0.2, -0.15) is 0 Å². The van der Waals surface area contributed by atoms with Crippen LogP contribution in [0.2, 0.25) is 0 Å². The highest BCUT2D eigenvalue weighted by Crippen LogP contribution is 2.11. The molecule has 0 unspecified atom stereocenters. The molecule has 7 nitrogen and oxygen atoms in total. The Hall–Kier alpha value is -3.19.